The van der Waals surface area contributed by atoms with Gasteiger partial charge in [-0.1, -0.05) is 6.92 Å². The second kappa shape index (κ2) is 5.02. The van der Waals surface area contributed by atoms with Crippen molar-refractivity contribution >= 4 is 11.9 Å². The van der Waals surface area contributed by atoms with Crippen molar-refractivity contribution in [1.82, 2.24) is 15.3 Å². The van der Waals surface area contributed by atoms with Crippen LogP contribution in [0.3, 0.4) is 0 Å². The van der Waals surface area contributed by atoms with Crippen molar-refractivity contribution in [2.75, 3.05) is 18.4 Å². The number of nitrogens with one attached hydrogen (secondary N) is 2. The number of amides is 1. The van der Waals surface area contributed by atoms with E-state index in [0.29, 0.717) is 5.95 Å². The Morgan fingerprint density at radius 2 is 2.11 bits per heavy atom. The molecule has 18 heavy (non-hydrogen) atoms. The molecular formula is C13H20N4O. The van der Waals surface area contributed by atoms with Crippen LogP contribution >= 0.6 is 0 Å². The highest BCUT2D eigenvalue weighted by atomic mass is 16.2. The second-order valence-electron chi connectivity index (χ2n) is 4.99. The van der Waals surface area contributed by atoms with Gasteiger partial charge < -0.3 is 5.32 Å². The van der Waals surface area contributed by atoms with Crippen LogP contribution < -0.4 is 10.6 Å². The van der Waals surface area contributed by atoms with E-state index in [1.165, 1.54) is 0 Å². The first-order valence-electron chi connectivity index (χ1n) is 6.40. The van der Waals surface area contributed by atoms with Gasteiger partial charge in [0.2, 0.25) is 11.9 Å². The van der Waals surface area contributed by atoms with E-state index in [4.69, 9.17) is 0 Å². The SMILES string of the molecule is CCC1(C(=O)Nc2nc(C)cc(C)n2)CCNC1. The maximum atomic E-state index is 12.4. The minimum Gasteiger partial charge on any atom is -0.316 e. The summed E-state index contributed by atoms with van der Waals surface area (Å²) in [5.41, 5.74) is 1.43. The fraction of sp³-hybridized carbons (Fsp3) is 0.615. The lowest BCUT2D eigenvalue weighted by molar-refractivity contribution is -0.124. The van der Waals surface area contributed by atoms with Gasteiger partial charge in [-0.3, -0.25) is 10.1 Å². The molecule has 2 N–H and O–H groups in total. The highest BCUT2D eigenvalue weighted by Gasteiger charge is 2.39. The Balaban J connectivity index is 2.15. The molecule has 5 heteroatoms. The summed E-state index contributed by atoms with van der Waals surface area (Å²) >= 11 is 0. The summed E-state index contributed by atoms with van der Waals surface area (Å²) in [6.45, 7) is 7.48. The number of nitrogens with zero attached hydrogens (tertiary/aromatic N) is 2. The molecule has 2 rings (SSSR count). The lowest BCUT2D eigenvalue weighted by Gasteiger charge is -2.24. The largest absolute Gasteiger partial charge is 0.316 e. The molecule has 0 aromatic carbocycles. The lowest BCUT2D eigenvalue weighted by atomic mass is 9.83. The summed E-state index contributed by atoms with van der Waals surface area (Å²) < 4.78 is 0. The fourth-order valence-corrected chi connectivity index (χ4v) is 2.42. The Morgan fingerprint density at radius 1 is 1.44 bits per heavy atom. The van der Waals surface area contributed by atoms with Crippen LogP contribution in [0.25, 0.3) is 0 Å². The molecule has 1 atom stereocenters. The molecule has 1 aromatic rings. The first-order chi connectivity index (χ1) is 8.55. The molecular weight excluding hydrogens is 228 g/mol. The van der Waals surface area contributed by atoms with Crippen LogP contribution in [0.15, 0.2) is 6.07 Å². The molecule has 5 nitrogen and oxygen atoms in total. The van der Waals surface area contributed by atoms with Crippen molar-refractivity contribution in [1.29, 1.82) is 0 Å². The Kier molecular flexibility index (Phi) is 3.61. The van der Waals surface area contributed by atoms with E-state index in [1.54, 1.807) is 0 Å². The quantitative estimate of drug-likeness (QED) is 0.849. The predicted octanol–water partition coefficient (Wildman–Crippen LogP) is 1.42. The van der Waals surface area contributed by atoms with Crippen molar-refractivity contribution < 1.29 is 4.79 Å². The van der Waals surface area contributed by atoms with Gasteiger partial charge in [0.15, 0.2) is 0 Å². The summed E-state index contributed by atoms with van der Waals surface area (Å²) in [6.07, 6.45) is 1.71. The first kappa shape index (κ1) is 13.0. The van der Waals surface area contributed by atoms with E-state index in [2.05, 4.69) is 27.5 Å². The molecule has 0 radical (unpaired) electrons. The maximum absolute atomic E-state index is 12.4. The number of anilines is 1. The van der Waals surface area contributed by atoms with Gasteiger partial charge in [-0.05, 0) is 39.3 Å². The lowest BCUT2D eigenvalue weighted by Crippen LogP contribution is -2.38. The molecule has 0 saturated carbocycles. The average Bonchev–Trinajstić information content (AvgIpc) is 2.77. The van der Waals surface area contributed by atoms with Crippen molar-refractivity contribution in [2.24, 2.45) is 5.41 Å². The van der Waals surface area contributed by atoms with E-state index >= 15 is 0 Å². The highest BCUT2D eigenvalue weighted by molar-refractivity contribution is 5.94. The molecule has 98 valence electrons. The summed E-state index contributed by atoms with van der Waals surface area (Å²) in [7, 11) is 0. The van der Waals surface area contributed by atoms with Crippen LogP contribution in [0.5, 0.6) is 0 Å². The topological polar surface area (TPSA) is 66.9 Å². The van der Waals surface area contributed by atoms with Crippen molar-refractivity contribution in [3.63, 3.8) is 0 Å². The van der Waals surface area contributed by atoms with Gasteiger partial charge in [0.25, 0.3) is 0 Å². The van der Waals surface area contributed by atoms with Crippen molar-refractivity contribution in [3.8, 4) is 0 Å². The normalized spacial score (nSPS) is 23.1. The van der Waals surface area contributed by atoms with Crippen LogP contribution in [0.1, 0.15) is 31.2 Å². The van der Waals surface area contributed by atoms with E-state index in [-0.39, 0.29) is 11.3 Å². The van der Waals surface area contributed by atoms with Crippen LogP contribution in [-0.4, -0.2) is 29.0 Å². The zero-order chi connectivity index (χ0) is 13.2. The molecule has 1 aromatic heterocycles. The van der Waals surface area contributed by atoms with Crippen LogP contribution in [-0.2, 0) is 4.79 Å². The summed E-state index contributed by atoms with van der Waals surface area (Å²) in [5, 5.41) is 6.11. The van der Waals surface area contributed by atoms with Crippen LogP contribution in [0.2, 0.25) is 0 Å². The highest BCUT2D eigenvalue weighted by Crippen LogP contribution is 2.30. The Labute approximate surface area is 107 Å². The van der Waals surface area contributed by atoms with E-state index < -0.39 is 0 Å². The van der Waals surface area contributed by atoms with Gasteiger partial charge in [-0.15, -0.1) is 0 Å². The van der Waals surface area contributed by atoms with Crippen molar-refractivity contribution in [3.05, 3.63) is 17.5 Å². The zero-order valence-electron chi connectivity index (χ0n) is 11.2. The van der Waals surface area contributed by atoms with E-state index in [1.807, 2.05) is 19.9 Å². The minimum atomic E-state index is -0.305. The Hall–Kier alpha value is -1.49. The summed E-state index contributed by atoms with van der Waals surface area (Å²) in [6, 6.07) is 1.89. The van der Waals surface area contributed by atoms with Gasteiger partial charge >= 0.3 is 0 Å². The third-order valence-electron chi connectivity index (χ3n) is 3.61. The number of hydrogen-bond donors (Lipinski definition) is 2. The van der Waals surface area contributed by atoms with Gasteiger partial charge in [0.1, 0.15) is 0 Å². The smallest absolute Gasteiger partial charge is 0.234 e. The molecule has 1 amide bonds. The molecule has 1 saturated heterocycles. The third-order valence-corrected chi connectivity index (χ3v) is 3.61. The van der Waals surface area contributed by atoms with Crippen LogP contribution in [0.4, 0.5) is 5.95 Å². The molecule has 1 aliphatic heterocycles. The number of rotatable bonds is 3. The number of aryl methyl sites for hydroxylation is 2. The summed E-state index contributed by atoms with van der Waals surface area (Å²) in [5.74, 6) is 0.442. The molecule has 1 fully saturated rings. The van der Waals surface area contributed by atoms with E-state index in [9.17, 15) is 4.79 Å². The molecule has 1 aliphatic rings. The molecule has 0 aliphatic carbocycles. The molecule has 1 unspecified atom stereocenters. The number of carbonyl (C=O) groups is 1. The van der Waals surface area contributed by atoms with Crippen LogP contribution in [0, 0.1) is 19.3 Å². The number of carbonyl (C=O) groups excluding carboxylic acids is 1. The average molecular weight is 248 g/mol. The monoisotopic (exact) mass is 248 g/mol. The van der Waals surface area contributed by atoms with Gasteiger partial charge in [0, 0.05) is 17.9 Å². The minimum absolute atomic E-state index is 0.0278. The molecule has 0 spiro atoms. The maximum Gasteiger partial charge on any atom is 0.234 e. The predicted molar refractivity (Wildman–Crippen MR) is 70.3 cm³/mol. The number of aromatic nitrogens is 2. The first-order valence-corrected chi connectivity index (χ1v) is 6.40. The molecule has 0 bridgehead atoms. The molecule has 2 heterocycles. The Bertz CT molecular complexity index is 432. The Morgan fingerprint density at radius 3 is 2.61 bits per heavy atom. The second-order valence-corrected chi connectivity index (χ2v) is 4.99. The zero-order valence-corrected chi connectivity index (χ0v) is 11.2. The summed E-state index contributed by atoms with van der Waals surface area (Å²) in [4.78, 5) is 20.9. The van der Waals surface area contributed by atoms with Gasteiger partial charge in [0.05, 0.1) is 5.41 Å². The van der Waals surface area contributed by atoms with Gasteiger partial charge in [-0.2, -0.15) is 0 Å². The van der Waals surface area contributed by atoms with Gasteiger partial charge in [-0.25, -0.2) is 9.97 Å². The number of hydrogen-bond acceptors (Lipinski definition) is 4. The third kappa shape index (κ3) is 2.51. The van der Waals surface area contributed by atoms with Crippen molar-refractivity contribution in [2.45, 2.75) is 33.6 Å². The van der Waals surface area contributed by atoms with E-state index in [0.717, 1.165) is 37.3 Å². The fourth-order valence-electron chi connectivity index (χ4n) is 2.42. The standard InChI is InChI=1S/C13H20N4O/c1-4-13(5-6-14-8-13)11(18)17-12-15-9(2)7-10(3)16-12/h7,14H,4-6,8H2,1-3H3,(H,15,16,17,18).